The van der Waals surface area contributed by atoms with Crippen LogP contribution < -0.4 is 4.74 Å². The molecule has 2 aromatic heterocycles. The van der Waals surface area contributed by atoms with Crippen LogP contribution in [-0.2, 0) is 10.5 Å². The van der Waals surface area contributed by atoms with Crippen LogP contribution in [0.25, 0.3) is 16.9 Å². The van der Waals surface area contributed by atoms with E-state index in [1.807, 2.05) is 24.3 Å². The lowest BCUT2D eigenvalue weighted by atomic mass is 10.1. The predicted octanol–water partition coefficient (Wildman–Crippen LogP) is 3.73. The van der Waals surface area contributed by atoms with Gasteiger partial charge in [-0.05, 0) is 19.1 Å². The van der Waals surface area contributed by atoms with E-state index in [1.165, 1.54) is 0 Å². The van der Waals surface area contributed by atoms with Crippen molar-refractivity contribution in [1.82, 2.24) is 14.8 Å². The molecule has 0 amide bonds. The molecule has 3 heterocycles. The van der Waals surface area contributed by atoms with Gasteiger partial charge in [0.25, 0.3) is 0 Å². The number of carbonyl (C=O) groups excluding carboxylic acids is 1. The minimum atomic E-state index is -0.399. The molecule has 0 N–H and O–H groups in total. The number of hydrogen-bond donors (Lipinski definition) is 0. The van der Waals surface area contributed by atoms with Gasteiger partial charge >= 0.3 is 5.97 Å². The molecule has 132 valence electrons. The average Bonchev–Trinajstić information content (AvgIpc) is 3.08. The van der Waals surface area contributed by atoms with Gasteiger partial charge < -0.3 is 9.47 Å². The van der Waals surface area contributed by atoms with Gasteiger partial charge in [0, 0.05) is 27.8 Å². The largest absolute Gasteiger partial charge is 0.481 e. The lowest BCUT2D eigenvalue weighted by Crippen LogP contribution is -2.08. The summed E-state index contributed by atoms with van der Waals surface area (Å²) in [5, 5.41) is 4.58. The Hall–Kier alpha value is -2.80. The average molecular weight is 367 g/mol. The molecule has 0 saturated carbocycles. The number of nitrogens with zero attached hydrogens (tertiary/aromatic N) is 3. The molecule has 3 aromatic rings. The van der Waals surface area contributed by atoms with Crippen molar-refractivity contribution in [3.05, 3.63) is 53.9 Å². The van der Waals surface area contributed by atoms with Crippen molar-refractivity contribution in [3.8, 4) is 22.8 Å². The fraction of sp³-hybridized carbons (Fsp3) is 0.211. The molecule has 0 bridgehead atoms. The van der Waals surface area contributed by atoms with E-state index in [0.717, 1.165) is 27.4 Å². The number of ether oxygens (including phenoxy) is 2. The smallest absolute Gasteiger partial charge is 0.359 e. The van der Waals surface area contributed by atoms with Crippen molar-refractivity contribution in [2.45, 2.75) is 17.6 Å². The van der Waals surface area contributed by atoms with Crippen LogP contribution in [0.15, 0.2) is 47.5 Å². The Bertz CT molecular complexity index is 967. The molecule has 0 aliphatic carbocycles. The fourth-order valence-electron chi connectivity index (χ4n) is 2.97. The van der Waals surface area contributed by atoms with Crippen LogP contribution in [0.4, 0.5) is 0 Å². The van der Waals surface area contributed by atoms with Crippen molar-refractivity contribution < 1.29 is 14.3 Å². The third-order valence-electron chi connectivity index (χ3n) is 4.14. The van der Waals surface area contributed by atoms with Crippen molar-refractivity contribution >= 4 is 17.7 Å². The third kappa shape index (κ3) is 2.74. The Morgan fingerprint density at radius 1 is 1.27 bits per heavy atom. The molecule has 0 saturated heterocycles. The summed E-state index contributed by atoms with van der Waals surface area (Å²) < 4.78 is 12.1. The van der Waals surface area contributed by atoms with Crippen LogP contribution in [0.3, 0.4) is 0 Å². The van der Waals surface area contributed by atoms with E-state index < -0.39 is 5.97 Å². The van der Waals surface area contributed by atoms with Crippen LogP contribution >= 0.6 is 11.8 Å². The number of hydrogen-bond acceptors (Lipinski definition) is 6. The van der Waals surface area contributed by atoms with E-state index in [1.54, 1.807) is 42.7 Å². The third-order valence-corrected chi connectivity index (χ3v) is 5.24. The molecule has 1 aromatic carbocycles. The lowest BCUT2D eigenvalue weighted by Gasteiger charge is -2.18. The summed E-state index contributed by atoms with van der Waals surface area (Å²) in [7, 11) is 1.57. The zero-order valence-corrected chi connectivity index (χ0v) is 15.2. The van der Waals surface area contributed by atoms with Gasteiger partial charge in [0.2, 0.25) is 5.88 Å². The first kappa shape index (κ1) is 16.7. The topological polar surface area (TPSA) is 66.2 Å². The summed E-state index contributed by atoms with van der Waals surface area (Å²) in [5.41, 5.74) is 3.98. The maximum atomic E-state index is 12.4. The Morgan fingerprint density at radius 2 is 2.12 bits per heavy atom. The normalized spacial score (nSPS) is 12.2. The summed E-state index contributed by atoms with van der Waals surface area (Å²) >= 11 is 1.70. The molecule has 26 heavy (non-hydrogen) atoms. The number of fused-ring (bicyclic) bond motifs is 3. The highest BCUT2D eigenvalue weighted by molar-refractivity contribution is 7.98. The standard InChI is InChI=1S/C19H17N3O3S/c1-3-25-19(23)17-14-11-26-15-7-5-4-6-13(15)18(14)22(21-17)12-8-9-16(24-2)20-10-12/h4-10H,3,11H2,1-2H3. The minimum Gasteiger partial charge on any atom is -0.481 e. The molecular formula is C19H17N3O3S. The second-order valence-corrected chi connectivity index (χ2v) is 6.67. The number of benzene rings is 1. The van der Waals surface area contributed by atoms with Gasteiger partial charge in [0.15, 0.2) is 5.69 Å². The summed E-state index contributed by atoms with van der Waals surface area (Å²) in [6.45, 7) is 2.10. The van der Waals surface area contributed by atoms with Crippen LogP contribution in [-0.4, -0.2) is 34.5 Å². The molecule has 0 spiro atoms. The quantitative estimate of drug-likeness (QED) is 0.655. The molecule has 0 atom stereocenters. The molecule has 7 heteroatoms. The van der Waals surface area contributed by atoms with E-state index in [-0.39, 0.29) is 0 Å². The van der Waals surface area contributed by atoms with Crippen molar-refractivity contribution in [3.63, 3.8) is 0 Å². The first-order chi connectivity index (χ1) is 12.7. The van der Waals surface area contributed by atoms with Crippen molar-refractivity contribution in [2.75, 3.05) is 13.7 Å². The second kappa shape index (κ2) is 6.84. The van der Waals surface area contributed by atoms with Gasteiger partial charge in [-0.3, -0.25) is 0 Å². The van der Waals surface area contributed by atoms with E-state index in [4.69, 9.17) is 9.47 Å². The van der Waals surface area contributed by atoms with Crippen LogP contribution in [0.5, 0.6) is 5.88 Å². The highest BCUT2D eigenvalue weighted by atomic mass is 32.2. The Labute approximate surface area is 155 Å². The second-order valence-electron chi connectivity index (χ2n) is 5.65. The van der Waals surface area contributed by atoms with E-state index >= 15 is 0 Å². The molecule has 0 unspecified atom stereocenters. The molecule has 1 aliphatic rings. The van der Waals surface area contributed by atoms with Crippen LogP contribution in [0, 0.1) is 0 Å². The Morgan fingerprint density at radius 3 is 2.85 bits per heavy atom. The molecule has 6 nitrogen and oxygen atoms in total. The number of methoxy groups -OCH3 is 1. The van der Waals surface area contributed by atoms with Crippen molar-refractivity contribution in [1.29, 1.82) is 0 Å². The highest BCUT2D eigenvalue weighted by Crippen LogP contribution is 2.43. The summed E-state index contributed by atoms with van der Waals surface area (Å²) in [4.78, 5) is 17.9. The fourth-order valence-corrected chi connectivity index (χ4v) is 4.04. The number of carbonyl (C=O) groups is 1. The molecule has 4 rings (SSSR count). The maximum Gasteiger partial charge on any atom is 0.359 e. The zero-order chi connectivity index (χ0) is 18.1. The van der Waals surface area contributed by atoms with Gasteiger partial charge in [-0.2, -0.15) is 5.10 Å². The lowest BCUT2D eigenvalue weighted by molar-refractivity contribution is 0.0518. The zero-order valence-electron chi connectivity index (χ0n) is 14.4. The van der Waals surface area contributed by atoms with Crippen LogP contribution in [0.2, 0.25) is 0 Å². The number of rotatable bonds is 4. The monoisotopic (exact) mass is 367 g/mol. The molecular weight excluding hydrogens is 350 g/mol. The summed E-state index contributed by atoms with van der Waals surface area (Å²) in [6.07, 6.45) is 1.69. The van der Waals surface area contributed by atoms with Gasteiger partial charge in [-0.1, -0.05) is 18.2 Å². The summed E-state index contributed by atoms with van der Waals surface area (Å²) in [5.74, 6) is 0.796. The number of esters is 1. The van der Waals surface area contributed by atoms with Crippen molar-refractivity contribution in [2.24, 2.45) is 0 Å². The molecule has 0 radical (unpaired) electrons. The Kier molecular flexibility index (Phi) is 4.38. The number of thioether (sulfide) groups is 1. The van der Waals surface area contributed by atoms with E-state index in [2.05, 4.69) is 16.1 Å². The van der Waals surface area contributed by atoms with E-state index in [9.17, 15) is 4.79 Å². The Balaban J connectivity index is 1.92. The summed E-state index contributed by atoms with van der Waals surface area (Å²) in [6, 6.07) is 11.8. The SMILES string of the molecule is CCOC(=O)c1nn(-c2ccc(OC)nc2)c2c1CSc1ccccc1-2. The van der Waals surface area contributed by atoms with Gasteiger partial charge in [-0.25, -0.2) is 14.5 Å². The highest BCUT2D eigenvalue weighted by Gasteiger charge is 2.29. The number of aromatic nitrogens is 3. The van der Waals surface area contributed by atoms with Gasteiger partial charge in [0.05, 0.1) is 31.3 Å². The van der Waals surface area contributed by atoms with Crippen LogP contribution in [0.1, 0.15) is 23.0 Å². The first-order valence-corrected chi connectivity index (χ1v) is 9.23. The molecule has 0 fully saturated rings. The number of pyridine rings is 1. The first-order valence-electron chi connectivity index (χ1n) is 8.24. The van der Waals surface area contributed by atoms with E-state index in [0.29, 0.717) is 23.9 Å². The maximum absolute atomic E-state index is 12.4. The van der Waals surface area contributed by atoms with Gasteiger partial charge in [-0.15, -0.1) is 11.8 Å². The predicted molar refractivity (Wildman–Crippen MR) is 98.9 cm³/mol. The van der Waals surface area contributed by atoms with Gasteiger partial charge in [0.1, 0.15) is 0 Å². The minimum absolute atomic E-state index is 0.314. The molecule has 1 aliphatic heterocycles.